The number of hydrogen-bond acceptors (Lipinski definition) is 2. The molecule has 0 saturated carbocycles. The molecule has 0 bridgehead atoms. The van der Waals surface area contributed by atoms with Crippen LogP contribution in [0.2, 0.25) is 0 Å². The lowest BCUT2D eigenvalue weighted by Gasteiger charge is -2.07. The summed E-state index contributed by atoms with van der Waals surface area (Å²) in [6.45, 7) is 2.18. The minimum absolute atomic E-state index is 0.134. The van der Waals surface area contributed by atoms with Crippen LogP contribution in [0.15, 0.2) is 30.3 Å². The average molecular weight is 276 g/mol. The van der Waals surface area contributed by atoms with Crippen LogP contribution >= 0.6 is 0 Å². The monoisotopic (exact) mass is 276 g/mol. The van der Waals surface area contributed by atoms with E-state index in [1.165, 1.54) is 25.7 Å². The molecule has 0 unspecified atom stereocenters. The van der Waals surface area contributed by atoms with Gasteiger partial charge in [-0.1, -0.05) is 57.2 Å². The van der Waals surface area contributed by atoms with Gasteiger partial charge in [0.1, 0.15) is 0 Å². The molecule has 2 N–H and O–H groups in total. The third-order valence-corrected chi connectivity index (χ3v) is 3.11. The van der Waals surface area contributed by atoms with E-state index >= 15 is 0 Å². The van der Waals surface area contributed by atoms with Crippen molar-refractivity contribution in [2.75, 3.05) is 0 Å². The van der Waals surface area contributed by atoms with E-state index in [9.17, 15) is 9.59 Å². The van der Waals surface area contributed by atoms with Crippen LogP contribution in [-0.2, 0) is 4.79 Å². The molecule has 0 saturated heterocycles. The molecule has 0 atom stereocenters. The Labute approximate surface area is 120 Å². The Balaban J connectivity index is 2.09. The number of rotatable bonds is 8. The van der Waals surface area contributed by atoms with Gasteiger partial charge in [0.2, 0.25) is 5.91 Å². The van der Waals surface area contributed by atoms with Crippen LogP contribution in [0.3, 0.4) is 0 Å². The molecular formula is C16H24N2O2. The van der Waals surface area contributed by atoms with Crippen molar-refractivity contribution in [3.63, 3.8) is 0 Å². The van der Waals surface area contributed by atoms with E-state index in [2.05, 4.69) is 17.8 Å². The molecule has 0 aliphatic carbocycles. The predicted octanol–water partition coefficient (Wildman–Crippen LogP) is 3.20. The summed E-state index contributed by atoms with van der Waals surface area (Å²) < 4.78 is 0. The van der Waals surface area contributed by atoms with Gasteiger partial charge in [-0.3, -0.25) is 20.4 Å². The summed E-state index contributed by atoms with van der Waals surface area (Å²) in [5.74, 6) is -0.424. The van der Waals surface area contributed by atoms with E-state index in [0.717, 1.165) is 12.8 Å². The van der Waals surface area contributed by atoms with E-state index in [4.69, 9.17) is 0 Å². The summed E-state index contributed by atoms with van der Waals surface area (Å²) in [4.78, 5) is 23.2. The van der Waals surface area contributed by atoms with Crippen molar-refractivity contribution in [1.82, 2.24) is 10.9 Å². The number of nitrogens with one attached hydrogen (secondary N) is 2. The van der Waals surface area contributed by atoms with Crippen molar-refractivity contribution in [3.8, 4) is 0 Å². The Morgan fingerprint density at radius 2 is 1.55 bits per heavy atom. The molecule has 1 aromatic rings. The van der Waals surface area contributed by atoms with Gasteiger partial charge < -0.3 is 0 Å². The number of hydrogen-bond donors (Lipinski definition) is 2. The molecule has 0 aromatic heterocycles. The first kappa shape index (κ1) is 16.2. The highest BCUT2D eigenvalue weighted by molar-refractivity contribution is 5.95. The SMILES string of the molecule is CCCCCCCCC(=O)NNC(=O)c1ccccc1. The smallest absolute Gasteiger partial charge is 0.269 e. The second-order valence-electron chi connectivity index (χ2n) is 4.89. The van der Waals surface area contributed by atoms with Crippen molar-refractivity contribution in [3.05, 3.63) is 35.9 Å². The summed E-state index contributed by atoms with van der Waals surface area (Å²) in [5.41, 5.74) is 5.40. The van der Waals surface area contributed by atoms with Crippen LogP contribution in [0.25, 0.3) is 0 Å². The van der Waals surface area contributed by atoms with Gasteiger partial charge in [0.25, 0.3) is 5.91 Å². The minimum Gasteiger partial charge on any atom is -0.273 e. The average Bonchev–Trinajstić information content (AvgIpc) is 2.49. The molecule has 2 amide bonds. The van der Waals surface area contributed by atoms with Gasteiger partial charge in [0.15, 0.2) is 0 Å². The predicted molar refractivity (Wildman–Crippen MR) is 80.0 cm³/mol. The van der Waals surface area contributed by atoms with E-state index in [-0.39, 0.29) is 11.8 Å². The first-order valence-corrected chi connectivity index (χ1v) is 7.38. The van der Waals surface area contributed by atoms with Crippen molar-refractivity contribution in [1.29, 1.82) is 0 Å². The lowest BCUT2D eigenvalue weighted by Crippen LogP contribution is -2.41. The summed E-state index contributed by atoms with van der Waals surface area (Å²) >= 11 is 0. The fourth-order valence-corrected chi connectivity index (χ4v) is 1.92. The van der Waals surface area contributed by atoms with E-state index < -0.39 is 0 Å². The number of carbonyl (C=O) groups is 2. The zero-order valence-corrected chi connectivity index (χ0v) is 12.2. The summed E-state index contributed by atoms with van der Waals surface area (Å²) in [6.07, 6.45) is 7.31. The molecule has 0 heterocycles. The van der Waals surface area contributed by atoms with Crippen LogP contribution in [0.5, 0.6) is 0 Å². The van der Waals surface area contributed by atoms with Gasteiger partial charge in [-0.15, -0.1) is 0 Å². The molecule has 1 aromatic carbocycles. The third-order valence-electron chi connectivity index (χ3n) is 3.11. The Hall–Kier alpha value is -1.84. The van der Waals surface area contributed by atoms with Gasteiger partial charge in [-0.25, -0.2) is 0 Å². The number of amides is 2. The van der Waals surface area contributed by atoms with Crippen LogP contribution < -0.4 is 10.9 Å². The van der Waals surface area contributed by atoms with E-state index in [1.54, 1.807) is 24.3 Å². The van der Waals surface area contributed by atoms with Crippen molar-refractivity contribution in [2.24, 2.45) is 0 Å². The maximum atomic E-state index is 11.7. The second-order valence-corrected chi connectivity index (χ2v) is 4.89. The molecular weight excluding hydrogens is 252 g/mol. The van der Waals surface area contributed by atoms with Gasteiger partial charge in [0.05, 0.1) is 0 Å². The van der Waals surface area contributed by atoms with Crippen molar-refractivity contribution >= 4 is 11.8 Å². The molecule has 0 aliphatic rings. The Morgan fingerprint density at radius 1 is 0.900 bits per heavy atom. The first-order valence-electron chi connectivity index (χ1n) is 7.38. The molecule has 20 heavy (non-hydrogen) atoms. The van der Waals surface area contributed by atoms with E-state index in [1.807, 2.05) is 6.07 Å². The Bertz CT molecular complexity index is 404. The highest BCUT2D eigenvalue weighted by Gasteiger charge is 2.06. The molecule has 0 radical (unpaired) electrons. The summed E-state index contributed by atoms with van der Waals surface area (Å²) in [7, 11) is 0. The third kappa shape index (κ3) is 6.92. The maximum Gasteiger partial charge on any atom is 0.269 e. The normalized spacial score (nSPS) is 10.1. The Morgan fingerprint density at radius 3 is 2.25 bits per heavy atom. The van der Waals surface area contributed by atoms with Gasteiger partial charge in [-0.2, -0.15) is 0 Å². The minimum atomic E-state index is -0.290. The lowest BCUT2D eigenvalue weighted by molar-refractivity contribution is -0.122. The van der Waals surface area contributed by atoms with Gasteiger partial charge in [0, 0.05) is 12.0 Å². The zero-order valence-electron chi connectivity index (χ0n) is 12.2. The standard InChI is InChI=1S/C16H24N2O2/c1-2-3-4-5-6-10-13-15(19)17-18-16(20)14-11-8-7-9-12-14/h7-9,11-12H,2-6,10,13H2,1H3,(H,17,19)(H,18,20). The van der Waals surface area contributed by atoms with Crippen LogP contribution in [0.1, 0.15) is 62.2 Å². The van der Waals surface area contributed by atoms with Gasteiger partial charge in [-0.05, 0) is 18.6 Å². The highest BCUT2D eigenvalue weighted by atomic mass is 16.2. The fraction of sp³-hybridized carbons (Fsp3) is 0.500. The fourth-order valence-electron chi connectivity index (χ4n) is 1.92. The lowest BCUT2D eigenvalue weighted by atomic mass is 10.1. The molecule has 0 spiro atoms. The zero-order chi connectivity index (χ0) is 14.6. The number of carbonyl (C=O) groups excluding carboxylic acids is 2. The molecule has 0 aliphatic heterocycles. The highest BCUT2D eigenvalue weighted by Crippen LogP contribution is 2.06. The van der Waals surface area contributed by atoms with Gasteiger partial charge >= 0.3 is 0 Å². The number of unbranched alkanes of at least 4 members (excludes halogenated alkanes) is 5. The molecule has 1 rings (SSSR count). The molecule has 0 fully saturated rings. The van der Waals surface area contributed by atoms with E-state index in [0.29, 0.717) is 12.0 Å². The molecule has 4 heteroatoms. The quantitative estimate of drug-likeness (QED) is 0.566. The maximum absolute atomic E-state index is 11.7. The van der Waals surface area contributed by atoms with Crippen molar-refractivity contribution in [2.45, 2.75) is 51.9 Å². The van der Waals surface area contributed by atoms with Crippen LogP contribution in [-0.4, -0.2) is 11.8 Å². The topological polar surface area (TPSA) is 58.2 Å². The second kappa shape index (κ2) is 10.0. The van der Waals surface area contributed by atoms with Crippen LogP contribution in [0, 0.1) is 0 Å². The number of hydrazine groups is 1. The largest absolute Gasteiger partial charge is 0.273 e. The summed E-state index contributed by atoms with van der Waals surface area (Å²) in [6, 6.07) is 8.82. The number of benzene rings is 1. The first-order chi connectivity index (χ1) is 9.74. The molecule has 4 nitrogen and oxygen atoms in total. The Kier molecular flexibility index (Phi) is 8.11. The van der Waals surface area contributed by atoms with Crippen molar-refractivity contribution < 1.29 is 9.59 Å². The summed E-state index contributed by atoms with van der Waals surface area (Å²) in [5, 5.41) is 0. The van der Waals surface area contributed by atoms with Crippen LogP contribution in [0.4, 0.5) is 0 Å². The molecule has 110 valence electrons.